The molecular formula is C12H11N5OS. The third-order valence-electron chi connectivity index (χ3n) is 2.41. The summed E-state index contributed by atoms with van der Waals surface area (Å²) in [6.45, 7) is 0. The van der Waals surface area contributed by atoms with Crippen molar-refractivity contribution >= 4 is 34.7 Å². The van der Waals surface area contributed by atoms with Gasteiger partial charge in [-0.1, -0.05) is 12.1 Å². The molecule has 96 valence electrons. The Bertz CT molecular complexity index is 664. The van der Waals surface area contributed by atoms with Crippen LogP contribution in [0.3, 0.4) is 0 Å². The van der Waals surface area contributed by atoms with E-state index in [1.54, 1.807) is 12.3 Å². The number of carbonyl (C=O) groups is 1. The topological polar surface area (TPSA) is 108 Å². The number of hydrogen-bond donors (Lipinski definition) is 3. The highest BCUT2D eigenvalue weighted by Gasteiger charge is 2.13. The standard InChI is InChI=1S/C12H11N5OS/c1-19-11(7(6-13)10(14)18)17-12-15-8-4-2-3-5-9(8)16-12/h2-5H,1H3,(H2,14,18)(H2,15,16,17). The van der Waals surface area contributed by atoms with Gasteiger partial charge in [-0.3, -0.25) is 4.79 Å². The normalized spacial score (nSPS) is 11.8. The Hall–Kier alpha value is -2.46. The average molecular weight is 273 g/mol. The van der Waals surface area contributed by atoms with Crippen molar-refractivity contribution in [3.63, 3.8) is 0 Å². The van der Waals surface area contributed by atoms with Gasteiger partial charge in [-0.2, -0.15) is 5.26 Å². The molecule has 0 fully saturated rings. The molecule has 1 aromatic heterocycles. The maximum atomic E-state index is 11.2. The summed E-state index contributed by atoms with van der Waals surface area (Å²) in [4.78, 5) is 18.5. The van der Waals surface area contributed by atoms with Gasteiger partial charge in [0.15, 0.2) is 0 Å². The molecule has 2 aromatic rings. The van der Waals surface area contributed by atoms with E-state index >= 15 is 0 Å². The Balaban J connectivity index is 2.38. The second-order valence-corrected chi connectivity index (χ2v) is 4.43. The number of amides is 1. The van der Waals surface area contributed by atoms with E-state index < -0.39 is 5.91 Å². The molecule has 6 nitrogen and oxygen atoms in total. The van der Waals surface area contributed by atoms with Crippen molar-refractivity contribution in [2.45, 2.75) is 0 Å². The first kappa shape index (κ1) is 13.0. The monoisotopic (exact) mass is 273 g/mol. The number of primary amides is 1. The Morgan fingerprint density at radius 1 is 1.53 bits per heavy atom. The number of benzene rings is 1. The molecule has 0 saturated carbocycles. The number of aromatic amines is 1. The molecule has 0 bridgehead atoms. The summed E-state index contributed by atoms with van der Waals surface area (Å²) in [7, 11) is 0. The summed E-state index contributed by atoms with van der Waals surface area (Å²) >= 11 is 1.22. The lowest BCUT2D eigenvalue weighted by molar-refractivity contribution is -0.114. The SMILES string of the molecule is CSC(Nc1nc2ccccc2[nH]1)=C(C#N)C(N)=O. The van der Waals surface area contributed by atoms with E-state index in [1.807, 2.05) is 24.3 Å². The van der Waals surface area contributed by atoms with Crippen LogP contribution in [0.2, 0.25) is 0 Å². The maximum absolute atomic E-state index is 11.2. The van der Waals surface area contributed by atoms with Crippen molar-refractivity contribution in [3.05, 3.63) is 34.9 Å². The first-order valence-corrected chi connectivity index (χ1v) is 6.58. The van der Waals surface area contributed by atoms with Crippen LogP contribution in [-0.4, -0.2) is 22.1 Å². The van der Waals surface area contributed by atoms with E-state index in [0.717, 1.165) is 11.0 Å². The first-order valence-electron chi connectivity index (χ1n) is 5.35. The molecule has 19 heavy (non-hydrogen) atoms. The summed E-state index contributed by atoms with van der Waals surface area (Å²) in [5.41, 5.74) is 6.69. The van der Waals surface area contributed by atoms with Crippen LogP contribution in [-0.2, 0) is 4.79 Å². The zero-order valence-electron chi connectivity index (χ0n) is 10.1. The minimum Gasteiger partial charge on any atom is -0.365 e. The van der Waals surface area contributed by atoms with Crippen molar-refractivity contribution in [1.29, 1.82) is 5.26 Å². The van der Waals surface area contributed by atoms with Gasteiger partial charge in [0.2, 0.25) is 5.95 Å². The molecule has 2 rings (SSSR count). The Morgan fingerprint density at radius 3 is 2.84 bits per heavy atom. The lowest BCUT2D eigenvalue weighted by atomic mass is 10.3. The fourth-order valence-electron chi connectivity index (χ4n) is 1.55. The highest BCUT2D eigenvalue weighted by Crippen LogP contribution is 2.20. The van der Waals surface area contributed by atoms with Gasteiger partial charge in [0.05, 0.1) is 16.1 Å². The summed E-state index contributed by atoms with van der Waals surface area (Å²) in [5, 5.41) is 12.2. The van der Waals surface area contributed by atoms with Gasteiger partial charge in [0.1, 0.15) is 11.6 Å². The molecule has 0 spiro atoms. The molecule has 0 aliphatic rings. The number of carbonyl (C=O) groups excluding carboxylic acids is 1. The van der Waals surface area contributed by atoms with E-state index in [4.69, 9.17) is 11.0 Å². The van der Waals surface area contributed by atoms with Gasteiger partial charge >= 0.3 is 0 Å². The van der Waals surface area contributed by atoms with Crippen LogP contribution in [0.1, 0.15) is 0 Å². The van der Waals surface area contributed by atoms with Gasteiger partial charge in [0, 0.05) is 0 Å². The lowest BCUT2D eigenvalue weighted by Gasteiger charge is -2.06. The number of thioether (sulfide) groups is 1. The summed E-state index contributed by atoms with van der Waals surface area (Å²) in [6.07, 6.45) is 1.74. The second kappa shape index (κ2) is 5.46. The molecule has 0 aliphatic carbocycles. The van der Waals surface area contributed by atoms with Crippen LogP contribution < -0.4 is 11.1 Å². The van der Waals surface area contributed by atoms with Gasteiger partial charge in [-0.15, -0.1) is 11.8 Å². The molecule has 0 unspecified atom stereocenters. The van der Waals surface area contributed by atoms with E-state index in [0.29, 0.717) is 11.0 Å². The van der Waals surface area contributed by atoms with E-state index in [1.165, 1.54) is 11.8 Å². The molecule has 1 aromatic carbocycles. The minimum absolute atomic E-state index is 0.118. The maximum Gasteiger partial charge on any atom is 0.262 e. The van der Waals surface area contributed by atoms with E-state index in [9.17, 15) is 4.79 Å². The van der Waals surface area contributed by atoms with Gasteiger partial charge in [0.25, 0.3) is 5.91 Å². The Morgan fingerprint density at radius 2 is 2.26 bits per heavy atom. The Kier molecular flexibility index (Phi) is 3.73. The summed E-state index contributed by atoms with van der Waals surface area (Å²) in [6, 6.07) is 9.30. The van der Waals surface area contributed by atoms with Crippen molar-refractivity contribution in [2.24, 2.45) is 5.73 Å². The average Bonchev–Trinajstić information content (AvgIpc) is 2.80. The first-order chi connectivity index (χ1) is 9.15. The predicted molar refractivity (Wildman–Crippen MR) is 75.1 cm³/mol. The molecule has 0 atom stereocenters. The molecule has 1 amide bonds. The number of para-hydroxylation sites is 2. The third kappa shape index (κ3) is 2.69. The highest BCUT2D eigenvalue weighted by atomic mass is 32.2. The molecular weight excluding hydrogens is 262 g/mol. The third-order valence-corrected chi connectivity index (χ3v) is 3.13. The van der Waals surface area contributed by atoms with Gasteiger partial charge in [-0.05, 0) is 18.4 Å². The molecule has 7 heteroatoms. The van der Waals surface area contributed by atoms with Gasteiger partial charge < -0.3 is 16.0 Å². The number of nitrogens with zero attached hydrogens (tertiary/aromatic N) is 2. The second-order valence-electron chi connectivity index (χ2n) is 3.61. The number of anilines is 1. The van der Waals surface area contributed by atoms with Gasteiger partial charge in [-0.25, -0.2) is 4.98 Å². The van der Waals surface area contributed by atoms with Crippen LogP contribution >= 0.6 is 11.8 Å². The molecule has 0 radical (unpaired) electrons. The number of rotatable bonds is 4. The van der Waals surface area contributed by atoms with Crippen molar-refractivity contribution < 1.29 is 4.79 Å². The number of aromatic nitrogens is 2. The van der Waals surface area contributed by atoms with E-state index in [-0.39, 0.29) is 5.57 Å². The molecule has 0 aliphatic heterocycles. The number of nitrogens with two attached hydrogens (primary N) is 1. The number of hydrogen-bond acceptors (Lipinski definition) is 5. The summed E-state index contributed by atoms with van der Waals surface area (Å²) < 4.78 is 0. The van der Waals surface area contributed by atoms with Crippen LogP contribution in [0, 0.1) is 11.3 Å². The number of imidazole rings is 1. The molecule has 1 heterocycles. The number of H-pyrrole nitrogens is 1. The quantitative estimate of drug-likeness (QED) is 0.578. The smallest absolute Gasteiger partial charge is 0.262 e. The van der Waals surface area contributed by atoms with Crippen LogP contribution in [0.25, 0.3) is 11.0 Å². The van der Waals surface area contributed by atoms with Crippen LogP contribution in [0.5, 0.6) is 0 Å². The number of fused-ring (bicyclic) bond motifs is 1. The highest BCUT2D eigenvalue weighted by molar-refractivity contribution is 8.02. The molecule has 4 N–H and O–H groups in total. The van der Waals surface area contributed by atoms with Crippen molar-refractivity contribution in [1.82, 2.24) is 9.97 Å². The fourth-order valence-corrected chi connectivity index (χ4v) is 2.10. The molecule has 0 saturated heterocycles. The zero-order chi connectivity index (χ0) is 13.8. The Labute approximate surface area is 113 Å². The van der Waals surface area contributed by atoms with Crippen LogP contribution in [0.15, 0.2) is 34.9 Å². The van der Waals surface area contributed by atoms with E-state index in [2.05, 4.69) is 15.3 Å². The van der Waals surface area contributed by atoms with Crippen molar-refractivity contribution in [2.75, 3.05) is 11.6 Å². The number of nitriles is 1. The largest absolute Gasteiger partial charge is 0.365 e. The minimum atomic E-state index is -0.768. The zero-order valence-corrected chi connectivity index (χ0v) is 10.9. The fraction of sp³-hybridized carbons (Fsp3) is 0.0833. The lowest BCUT2D eigenvalue weighted by Crippen LogP contribution is -2.16. The summed E-state index contributed by atoms with van der Waals surface area (Å²) in [5.74, 6) is -0.310. The van der Waals surface area contributed by atoms with Crippen molar-refractivity contribution in [3.8, 4) is 6.07 Å². The predicted octanol–water partition coefficient (Wildman–Crippen LogP) is 1.56. The number of nitrogens with one attached hydrogen (secondary N) is 2. The van der Waals surface area contributed by atoms with Crippen LogP contribution in [0.4, 0.5) is 5.95 Å².